The van der Waals surface area contributed by atoms with Crippen molar-refractivity contribution < 1.29 is 19.4 Å². The zero-order chi connectivity index (χ0) is 14.1. The van der Waals surface area contributed by atoms with Gasteiger partial charge in [0, 0.05) is 12.6 Å². The Bertz CT molecular complexity index is 391. The monoisotopic (exact) mass is 281 g/mol. The highest BCUT2D eigenvalue weighted by Gasteiger charge is 2.47. The minimum absolute atomic E-state index is 0.000384. The number of carbonyl (C=O) groups excluding carboxylic acids is 1. The number of carbonyl (C=O) groups is 2. The number of fused-ring (bicyclic) bond motifs is 1. The van der Waals surface area contributed by atoms with Crippen LogP contribution < -0.4 is 0 Å². The van der Waals surface area contributed by atoms with E-state index in [-0.39, 0.29) is 18.1 Å². The lowest BCUT2D eigenvalue weighted by molar-refractivity contribution is -0.150. The summed E-state index contributed by atoms with van der Waals surface area (Å²) in [5.41, 5.74) is 0. The predicted molar refractivity (Wildman–Crippen MR) is 72.2 cm³/mol. The fourth-order valence-electron chi connectivity index (χ4n) is 4.14. The molecule has 2 saturated heterocycles. The number of aliphatic carboxylic acids is 1. The van der Waals surface area contributed by atoms with Gasteiger partial charge in [0.1, 0.15) is 6.04 Å². The molecular formula is C15H23NO4. The molecule has 1 amide bonds. The SMILES string of the molecule is O=C(O)[C@@H]1C[C@@H]2CCCC[C@@H]2N1C(=O)C[C@H]1CCCO1. The van der Waals surface area contributed by atoms with E-state index in [1.807, 2.05) is 0 Å². The summed E-state index contributed by atoms with van der Waals surface area (Å²) in [6.45, 7) is 0.729. The summed E-state index contributed by atoms with van der Waals surface area (Å²) in [5, 5.41) is 9.42. The number of carboxylic acids is 1. The van der Waals surface area contributed by atoms with Crippen LogP contribution in [0.15, 0.2) is 0 Å². The van der Waals surface area contributed by atoms with E-state index in [4.69, 9.17) is 4.74 Å². The molecule has 0 aromatic carbocycles. The van der Waals surface area contributed by atoms with Gasteiger partial charge in [0.25, 0.3) is 0 Å². The second kappa shape index (κ2) is 5.72. The van der Waals surface area contributed by atoms with Gasteiger partial charge in [-0.05, 0) is 38.0 Å². The second-order valence-corrected chi connectivity index (χ2v) is 6.34. The number of likely N-dealkylation sites (tertiary alicyclic amines) is 1. The third-order valence-electron chi connectivity index (χ3n) is 5.09. The molecular weight excluding hydrogens is 258 g/mol. The van der Waals surface area contributed by atoms with Gasteiger partial charge in [0.05, 0.1) is 12.5 Å². The number of nitrogens with zero attached hydrogens (tertiary/aromatic N) is 1. The van der Waals surface area contributed by atoms with Crippen LogP contribution >= 0.6 is 0 Å². The molecule has 2 aliphatic heterocycles. The number of amides is 1. The molecule has 0 aromatic rings. The fourth-order valence-corrected chi connectivity index (χ4v) is 4.14. The minimum atomic E-state index is -0.847. The molecule has 5 nitrogen and oxygen atoms in total. The number of ether oxygens (including phenoxy) is 1. The molecule has 4 atom stereocenters. The Morgan fingerprint density at radius 3 is 2.65 bits per heavy atom. The van der Waals surface area contributed by atoms with Crippen LogP contribution in [0, 0.1) is 5.92 Å². The predicted octanol–water partition coefficient (Wildman–Crippen LogP) is 1.80. The lowest BCUT2D eigenvalue weighted by Crippen LogP contribution is -2.47. The first kappa shape index (κ1) is 13.9. The van der Waals surface area contributed by atoms with Gasteiger partial charge in [-0.3, -0.25) is 4.79 Å². The summed E-state index contributed by atoms with van der Waals surface area (Å²) < 4.78 is 5.52. The maximum absolute atomic E-state index is 12.6. The molecule has 112 valence electrons. The maximum atomic E-state index is 12.6. The number of hydrogen-bond donors (Lipinski definition) is 1. The molecule has 2 heterocycles. The minimum Gasteiger partial charge on any atom is -0.480 e. The normalized spacial score (nSPS) is 36.9. The van der Waals surface area contributed by atoms with E-state index in [0.717, 1.165) is 38.7 Å². The number of hydrogen-bond acceptors (Lipinski definition) is 3. The fraction of sp³-hybridized carbons (Fsp3) is 0.867. The summed E-state index contributed by atoms with van der Waals surface area (Å²) in [6.07, 6.45) is 7.23. The van der Waals surface area contributed by atoms with Crippen LogP contribution in [0.1, 0.15) is 51.4 Å². The van der Waals surface area contributed by atoms with Gasteiger partial charge in [-0.2, -0.15) is 0 Å². The van der Waals surface area contributed by atoms with Crippen molar-refractivity contribution in [3.63, 3.8) is 0 Å². The Morgan fingerprint density at radius 1 is 1.15 bits per heavy atom. The standard InChI is InChI=1S/C15H23NO4/c17-14(9-11-5-3-7-20-11)16-12-6-2-1-4-10(12)8-13(16)15(18)19/h10-13H,1-9H2,(H,18,19)/t10-,11+,12-,13-/m0/s1. The van der Waals surface area contributed by atoms with Crippen molar-refractivity contribution in [1.29, 1.82) is 0 Å². The summed E-state index contributed by atoms with van der Waals surface area (Å²) >= 11 is 0. The van der Waals surface area contributed by atoms with E-state index in [1.165, 1.54) is 6.42 Å². The molecule has 20 heavy (non-hydrogen) atoms. The highest BCUT2D eigenvalue weighted by atomic mass is 16.5. The Kier molecular flexibility index (Phi) is 3.96. The summed E-state index contributed by atoms with van der Waals surface area (Å²) in [5.74, 6) is -0.475. The Labute approximate surface area is 119 Å². The molecule has 1 saturated carbocycles. The van der Waals surface area contributed by atoms with Crippen LogP contribution in [0.4, 0.5) is 0 Å². The lowest BCUT2D eigenvalue weighted by Gasteiger charge is -2.33. The van der Waals surface area contributed by atoms with E-state index in [9.17, 15) is 14.7 Å². The van der Waals surface area contributed by atoms with Crippen molar-refractivity contribution in [2.45, 2.75) is 69.6 Å². The van der Waals surface area contributed by atoms with Crippen molar-refractivity contribution in [1.82, 2.24) is 4.90 Å². The van der Waals surface area contributed by atoms with Gasteiger partial charge >= 0.3 is 5.97 Å². The van der Waals surface area contributed by atoms with Crippen LogP contribution in [-0.4, -0.2) is 46.7 Å². The van der Waals surface area contributed by atoms with Crippen LogP contribution in [0.25, 0.3) is 0 Å². The quantitative estimate of drug-likeness (QED) is 0.856. The molecule has 1 aliphatic carbocycles. The third-order valence-corrected chi connectivity index (χ3v) is 5.09. The van der Waals surface area contributed by atoms with E-state index in [1.54, 1.807) is 4.90 Å². The molecule has 3 aliphatic rings. The maximum Gasteiger partial charge on any atom is 0.326 e. The molecule has 1 N–H and O–H groups in total. The van der Waals surface area contributed by atoms with Gasteiger partial charge in [0.2, 0.25) is 5.91 Å². The van der Waals surface area contributed by atoms with Gasteiger partial charge < -0.3 is 14.7 Å². The second-order valence-electron chi connectivity index (χ2n) is 6.34. The molecule has 0 bridgehead atoms. The smallest absolute Gasteiger partial charge is 0.326 e. The summed E-state index contributed by atoms with van der Waals surface area (Å²) in [6, 6.07) is -0.462. The van der Waals surface area contributed by atoms with E-state index < -0.39 is 12.0 Å². The molecule has 5 heteroatoms. The van der Waals surface area contributed by atoms with Crippen molar-refractivity contribution in [3.05, 3.63) is 0 Å². The first-order valence-corrected chi connectivity index (χ1v) is 7.82. The van der Waals surface area contributed by atoms with Crippen molar-refractivity contribution >= 4 is 11.9 Å². The largest absolute Gasteiger partial charge is 0.480 e. The zero-order valence-corrected chi connectivity index (χ0v) is 11.8. The lowest BCUT2D eigenvalue weighted by atomic mass is 9.84. The molecule has 0 unspecified atom stereocenters. The van der Waals surface area contributed by atoms with Crippen LogP contribution in [-0.2, 0) is 14.3 Å². The zero-order valence-electron chi connectivity index (χ0n) is 11.8. The average Bonchev–Trinajstić information content (AvgIpc) is 3.04. The van der Waals surface area contributed by atoms with Gasteiger partial charge in [-0.15, -0.1) is 0 Å². The first-order chi connectivity index (χ1) is 9.66. The third kappa shape index (κ3) is 2.55. The molecule has 0 aromatic heterocycles. The van der Waals surface area contributed by atoms with Crippen molar-refractivity contribution in [3.8, 4) is 0 Å². The van der Waals surface area contributed by atoms with Crippen molar-refractivity contribution in [2.75, 3.05) is 6.61 Å². The number of carboxylic acid groups (broad SMARTS) is 1. The molecule has 0 spiro atoms. The van der Waals surface area contributed by atoms with Crippen molar-refractivity contribution in [2.24, 2.45) is 5.92 Å². The summed E-state index contributed by atoms with van der Waals surface area (Å²) in [7, 11) is 0. The Balaban J connectivity index is 1.72. The highest BCUT2D eigenvalue weighted by Crippen LogP contribution is 2.40. The van der Waals surface area contributed by atoms with Crippen LogP contribution in [0.5, 0.6) is 0 Å². The molecule has 0 radical (unpaired) electrons. The van der Waals surface area contributed by atoms with E-state index in [2.05, 4.69) is 0 Å². The number of rotatable bonds is 3. The Morgan fingerprint density at radius 2 is 1.95 bits per heavy atom. The Hall–Kier alpha value is -1.10. The van der Waals surface area contributed by atoms with Gasteiger partial charge in [-0.1, -0.05) is 12.8 Å². The van der Waals surface area contributed by atoms with E-state index in [0.29, 0.717) is 18.8 Å². The topological polar surface area (TPSA) is 66.8 Å². The highest BCUT2D eigenvalue weighted by molar-refractivity contribution is 5.85. The average molecular weight is 281 g/mol. The van der Waals surface area contributed by atoms with E-state index >= 15 is 0 Å². The molecule has 3 rings (SSSR count). The van der Waals surface area contributed by atoms with Gasteiger partial charge in [-0.25, -0.2) is 4.79 Å². The van der Waals surface area contributed by atoms with Gasteiger partial charge in [0.15, 0.2) is 0 Å². The van der Waals surface area contributed by atoms with Crippen LogP contribution in [0.3, 0.4) is 0 Å². The summed E-state index contributed by atoms with van der Waals surface area (Å²) in [4.78, 5) is 25.7. The molecule has 3 fully saturated rings. The van der Waals surface area contributed by atoms with Crippen LogP contribution in [0.2, 0.25) is 0 Å². The first-order valence-electron chi connectivity index (χ1n) is 7.82.